The van der Waals surface area contributed by atoms with Crippen molar-refractivity contribution in [2.75, 3.05) is 16.5 Å². The number of pyridine rings is 1. The molecule has 324 valence electrons. The monoisotopic (exact) mass is 850 g/mol. The predicted octanol–water partition coefficient (Wildman–Crippen LogP) is 16.6. The molecule has 7 aromatic carbocycles. The van der Waals surface area contributed by atoms with Crippen LogP contribution in [0.4, 0.5) is 22.7 Å². The van der Waals surface area contributed by atoms with Crippen molar-refractivity contribution in [1.29, 1.82) is 0 Å². The van der Waals surface area contributed by atoms with Crippen LogP contribution in [0.15, 0.2) is 170 Å². The van der Waals surface area contributed by atoms with Gasteiger partial charge >= 0.3 is 0 Å². The Morgan fingerprint density at radius 2 is 1.17 bits per heavy atom. The molecule has 0 saturated heterocycles. The first-order chi connectivity index (χ1) is 31.2. The van der Waals surface area contributed by atoms with Gasteiger partial charge in [-0.2, -0.15) is 0 Å². The van der Waals surface area contributed by atoms with Crippen LogP contribution in [0, 0.1) is 6.92 Å². The Hall–Kier alpha value is -7.11. The van der Waals surface area contributed by atoms with Crippen molar-refractivity contribution < 1.29 is 4.74 Å². The van der Waals surface area contributed by atoms with Crippen molar-refractivity contribution in [1.82, 2.24) is 9.55 Å². The van der Waals surface area contributed by atoms with Crippen LogP contribution in [0.25, 0.3) is 49.9 Å². The van der Waals surface area contributed by atoms with Crippen molar-refractivity contribution in [2.45, 2.75) is 79.1 Å². The van der Waals surface area contributed by atoms with Gasteiger partial charge in [-0.25, -0.2) is 4.98 Å². The maximum atomic E-state index is 7.12. The molecule has 5 nitrogen and oxygen atoms in total. The Labute approximate surface area is 384 Å². The van der Waals surface area contributed by atoms with Gasteiger partial charge in [0.15, 0.2) is 0 Å². The highest BCUT2D eigenvalue weighted by molar-refractivity contribution is 6.11. The summed E-state index contributed by atoms with van der Waals surface area (Å²) in [5.41, 5.74) is 16.4. The van der Waals surface area contributed by atoms with Crippen LogP contribution < -0.4 is 14.5 Å². The molecule has 0 atom stereocenters. The Kier molecular flexibility index (Phi) is 10.4. The van der Waals surface area contributed by atoms with Crippen LogP contribution in [0.5, 0.6) is 11.5 Å². The van der Waals surface area contributed by atoms with Crippen LogP contribution in [0.1, 0.15) is 83.6 Å². The van der Waals surface area contributed by atoms with Crippen molar-refractivity contribution >= 4 is 44.6 Å². The average molecular weight is 851 g/mol. The van der Waals surface area contributed by atoms with E-state index in [1.54, 1.807) is 0 Å². The van der Waals surface area contributed by atoms with Gasteiger partial charge in [0, 0.05) is 51.6 Å². The molecule has 0 unspecified atom stereocenters. The van der Waals surface area contributed by atoms with E-state index in [-0.39, 0.29) is 10.8 Å². The maximum Gasteiger partial charge on any atom is 0.137 e. The van der Waals surface area contributed by atoms with E-state index < -0.39 is 0 Å². The zero-order chi connectivity index (χ0) is 45.2. The summed E-state index contributed by atoms with van der Waals surface area (Å²) >= 11 is 0. The second-order valence-corrected chi connectivity index (χ2v) is 20.1. The first-order valence-electron chi connectivity index (χ1n) is 23.0. The highest BCUT2D eigenvalue weighted by atomic mass is 16.5. The van der Waals surface area contributed by atoms with Gasteiger partial charge in [-0.1, -0.05) is 152 Å². The topological polar surface area (TPSA) is 33.5 Å². The Bertz CT molecular complexity index is 3190. The minimum atomic E-state index is 0.0110. The lowest BCUT2D eigenvalue weighted by atomic mass is 9.80. The third kappa shape index (κ3) is 7.84. The lowest BCUT2D eigenvalue weighted by molar-refractivity contribution is 0.485. The fourth-order valence-corrected chi connectivity index (χ4v) is 9.31. The number of hydrogen-bond donors (Lipinski definition) is 0. The van der Waals surface area contributed by atoms with Gasteiger partial charge in [0.1, 0.15) is 24.0 Å². The van der Waals surface area contributed by atoms with Crippen LogP contribution in [-0.4, -0.2) is 16.2 Å². The summed E-state index contributed by atoms with van der Waals surface area (Å²) in [7, 11) is 0. The first-order valence-corrected chi connectivity index (χ1v) is 23.0. The lowest BCUT2D eigenvalue weighted by Gasteiger charge is -2.29. The van der Waals surface area contributed by atoms with E-state index in [0.29, 0.717) is 12.6 Å². The molecule has 0 bridgehead atoms. The minimum absolute atomic E-state index is 0.0110. The quantitative estimate of drug-likeness (QED) is 0.152. The number of benzene rings is 7. The third-order valence-corrected chi connectivity index (χ3v) is 13.1. The van der Waals surface area contributed by atoms with Crippen LogP contribution in [-0.2, 0) is 10.8 Å². The van der Waals surface area contributed by atoms with Gasteiger partial charge in [0.2, 0.25) is 0 Å². The number of anilines is 4. The molecule has 0 fully saturated rings. The van der Waals surface area contributed by atoms with E-state index in [0.717, 1.165) is 56.1 Å². The summed E-state index contributed by atoms with van der Waals surface area (Å²) in [5, 5.41) is 2.31. The number of fused-ring (bicyclic) bond motifs is 4. The Balaban J connectivity index is 1.06. The van der Waals surface area contributed by atoms with Gasteiger partial charge in [0.05, 0.1) is 22.4 Å². The van der Waals surface area contributed by atoms with Crippen molar-refractivity contribution in [3.05, 3.63) is 192 Å². The number of ether oxygens (including phenoxy) is 1. The van der Waals surface area contributed by atoms with Crippen molar-refractivity contribution in [3.8, 4) is 39.6 Å². The van der Waals surface area contributed by atoms with Gasteiger partial charge in [-0.05, 0) is 112 Å². The molecular weight excluding hydrogens is 793 g/mol. The molecule has 2 aromatic heterocycles. The zero-order valence-electron chi connectivity index (χ0n) is 39.1. The highest BCUT2D eigenvalue weighted by Gasteiger charge is 2.30. The predicted molar refractivity (Wildman–Crippen MR) is 274 cm³/mol. The molecular formula is C60H58N4O. The smallest absolute Gasteiger partial charge is 0.137 e. The highest BCUT2D eigenvalue weighted by Crippen LogP contribution is 2.47. The van der Waals surface area contributed by atoms with E-state index in [4.69, 9.17) is 9.72 Å². The standard InChI is InChI=1S/C60H58N4O/c1-39(2)41-26-28-43(29-27-41)52-37-61-58(30-40(52)3)64-53-23-14-13-22-49(53)51-35-50(42-18-11-10-12-19-42)57(36-56(51)64)65-48-21-17-20-46(34-48)62-38-63(55-25-16-15-24-54(55)62)47-32-44(59(4,5)6)31-45(33-47)60(7,8)9/h10-37,39H,38H2,1-9H3. The number of rotatable bonds is 8. The fourth-order valence-electron chi connectivity index (χ4n) is 9.31. The molecule has 9 aromatic rings. The van der Waals surface area contributed by atoms with Crippen LogP contribution >= 0.6 is 0 Å². The summed E-state index contributed by atoms with van der Waals surface area (Å²) in [6.45, 7) is 21.1. The van der Waals surface area contributed by atoms with Gasteiger partial charge in [0.25, 0.3) is 0 Å². The average Bonchev–Trinajstić information content (AvgIpc) is 3.84. The summed E-state index contributed by atoms with van der Waals surface area (Å²) in [6.07, 6.45) is 2.03. The summed E-state index contributed by atoms with van der Waals surface area (Å²) < 4.78 is 9.41. The SMILES string of the molecule is Cc1cc(-n2c3ccccc3c3cc(-c4ccccc4)c(Oc4cccc(N5CN(c6cc(C(C)(C)C)cc(C(C)(C)C)c6)c6ccccc65)c4)cc32)ncc1-c1ccc(C(C)C)cc1. The zero-order valence-corrected chi connectivity index (χ0v) is 39.1. The van der Waals surface area contributed by atoms with Crippen LogP contribution in [0.3, 0.4) is 0 Å². The van der Waals surface area contributed by atoms with E-state index in [1.165, 1.54) is 50.3 Å². The lowest BCUT2D eigenvalue weighted by Crippen LogP contribution is -2.25. The van der Waals surface area contributed by atoms with Crippen LogP contribution in [0.2, 0.25) is 0 Å². The molecule has 3 heterocycles. The van der Waals surface area contributed by atoms with Gasteiger partial charge in [-0.3, -0.25) is 4.57 Å². The molecule has 5 heteroatoms. The number of para-hydroxylation sites is 3. The number of hydrogen-bond acceptors (Lipinski definition) is 4. The van der Waals surface area contributed by atoms with Gasteiger partial charge < -0.3 is 14.5 Å². The number of nitrogens with zero attached hydrogens (tertiary/aromatic N) is 4. The number of aryl methyl sites for hydroxylation is 1. The van der Waals surface area contributed by atoms with Crippen molar-refractivity contribution in [2.24, 2.45) is 0 Å². The molecule has 0 spiro atoms. The van der Waals surface area contributed by atoms with Gasteiger partial charge in [-0.15, -0.1) is 0 Å². The maximum absolute atomic E-state index is 7.12. The third-order valence-electron chi connectivity index (χ3n) is 13.1. The molecule has 0 N–H and O–H groups in total. The fraction of sp³-hybridized carbons (Fsp3) is 0.217. The normalized spacial score (nSPS) is 13.0. The van der Waals surface area contributed by atoms with E-state index in [1.807, 2.05) is 6.20 Å². The second-order valence-electron chi connectivity index (χ2n) is 20.1. The summed E-state index contributed by atoms with van der Waals surface area (Å²) in [6, 6.07) is 59.3. The van der Waals surface area contributed by atoms with E-state index in [9.17, 15) is 0 Å². The molecule has 65 heavy (non-hydrogen) atoms. The number of aromatic nitrogens is 2. The molecule has 0 amide bonds. The molecule has 1 aliphatic heterocycles. The largest absolute Gasteiger partial charge is 0.457 e. The Morgan fingerprint density at radius 1 is 0.538 bits per heavy atom. The summed E-state index contributed by atoms with van der Waals surface area (Å²) in [4.78, 5) is 10.0. The first kappa shape index (κ1) is 41.9. The molecule has 10 rings (SSSR count). The molecule has 0 aliphatic carbocycles. The molecule has 0 saturated carbocycles. The van der Waals surface area contributed by atoms with E-state index >= 15 is 0 Å². The van der Waals surface area contributed by atoms with E-state index in [2.05, 4.69) is 240 Å². The minimum Gasteiger partial charge on any atom is -0.457 e. The summed E-state index contributed by atoms with van der Waals surface area (Å²) in [5.74, 6) is 2.90. The second kappa shape index (κ2) is 16.2. The molecule has 1 aliphatic rings. The van der Waals surface area contributed by atoms with Crippen molar-refractivity contribution in [3.63, 3.8) is 0 Å². The Morgan fingerprint density at radius 3 is 1.83 bits per heavy atom. The molecule has 0 radical (unpaired) electrons.